The molecule has 0 bridgehead atoms. The molecular formula is C19H18Cl2N2O3. The molecule has 0 aromatic heterocycles. The van der Waals surface area contributed by atoms with Gasteiger partial charge in [-0.15, -0.1) is 11.6 Å². The van der Waals surface area contributed by atoms with Crippen molar-refractivity contribution in [3.8, 4) is 5.75 Å². The van der Waals surface area contributed by atoms with Crippen molar-refractivity contribution >= 4 is 40.6 Å². The normalized spacial score (nSPS) is 15.8. The van der Waals surface area contributed by atoms with Gasteiger partial charge in [0.25, 0.3) is 5.91 Å². The number of alkyl halides is 1. The summed E-state index contributed by atoms with van der Waals surface area (Å²) in [5, 5.41) is 3.23. The number of ether oxygens (including phenoxy) is 1. The molecule has 0 saturated heterocycles. The van der Waals surface area contributed by atoms with E-state index in [4.69, 9.17) is 27.9 Å². The highest BCUT2D eigenvalue weighted by molar-refractivity contribution is 6.31. The van der Waals surface area contributed by atoms with Crippen molar-refractivity contribution in [2.45, 2.75) is 6.10 Å². The van der Waals surface area contributed by atoms with Gasteiger partial charge >= 0.3 is 0 Å². The lowest BCUT2D eigenvalue weighted by Crippen LogP contribution is -2.50. The summed E-state index contributed by atoms with van der Waals surface area (Å²) in [6.07, 6.45) is -0.708. The topological polar surface area (TPSA) is 58.6 Å². The second-order valence-corrected chi connectivity index (χ2v) is 6.68. The van der Waals surface area contributed by atoms with E-state index in [1.165, 1.54) is 0 Å². The van der Waals surface area contributed by atoms with Crippen molar-refractivity contribution in [2.75, 3.05) is 30.4 Å². The summed E-state index contributed by atoms with van der Waals surface area (Å²) in [5.41, 5.74) is 1.31. The molecule has 7 heteroatoms. The molecule has 1 amide bonds. The number of halogens is 2. The van der Waals surface area contributed by atoms with Crippen molar-refractivity contribution in [3.05, 3.63) is 59.1 Å². The van der Waals surface area contributed by atoms with Gasteiger partial charge in [-0.25, -0.2) is 0 Å². The molecule has 0 spiro atoms. The number of ketones is 1. The summed E-state index contributed by atoms with van der Waals surface area (Å²) < 4.78 is 5.80. The monoisotopic (exact) mass is 392 g/mol. The number of Topliss-reactive ketones (excluding diaryl/α,β-unsaturated/α-hetero) is 1. The molecule has 1 aliphatic heterocycles. The van der Waals surface area contributed by atoms with Crippen LogP contribution < -0.4 is 15.0 Å². The maximum absolute atomic E-state index is 12.7. The molecule has 0 radical (unpaired) electrons. The minimum atomic E-state index is -0.708. The van der Waals surface area contributed by atoms with E-state index in [2.05, 4.69) is 5.32 Å². The maximum atomic E-state index is 12.7. The first kappa shape index (κ1) is 18.5. The summed E-state index contributed by atoms with van der Waals surface area (Å²) >= 11 is 11.6. The van der Waals surface area contributed by atoms with Crippen LogP contribution in [0.1, 0.15) is 10.4 Å². The maximum Gasteiger partial charge on any atom is 0.262 e. The number of nitrogens with one attached hydrogen (secondary N) is 1. The van der Waals surface area contributed by atoms with Gasteiger partial charge in [0.05, 0.1) is 18.8 Å². The van der Waals surface area contributed by atoms with E-state index in [-0.39, 0.29) is 24.8 Å². The van der Waals surface area contributed by atoms with Crippen LogP contribution in [0, 0.1) is 0 Å². The summed E-state index contributed by atoms with van der Waals surface area (Å²) in [5.74, 6) is 0.569. The molecule has 3 rings (SSSR count). The molecule has 1 aliphatic rings. The zero-order chi connectivity index (χ0) is 18.5. The van der Waals surface area contributed by atoms with Gasteiger partial charge in [0.2, 0.25) is 0 Å². The Hall–Kier alpha value is -2.24. The number of carbonyl (C=O) groups excluding carboxylic acids is 2. The highest BCUT2D eigenvalue weighted by Gasteiger charge is 2.31. The Morgan fingerprint density at radius 2 is 2.00 bits per heavy atom. The standard InChI is InChI=1S/C19H18Cl2N2O3/c20-8-9-22-19(25)18-12-23(15-6-1-2-7-17(15)26-18)11-16(24)13-4-3-5-14(21)10-13/h1-7,10,18H,8-9,11-12H2,(H,22,25). The van der Waals surface area contributed by atoms with Crippen LogP contribution in [-0.4, -0.2) is 43.3 Å². The number of carbonyl (C=O) groups is 2. The number of hydrogen-bond acceptors (Lipinski definition) is 4. The fourth-order valence-corrected chi connectivity index (χ4v) is 3.09. The Kier molecular flexibility index (Phi) is 6.01. The largest absolute Gasteiger partial charge is 0.477 e. The number of rotatable bonds is 6. The SMILES string of the molecule is O=C(CN1CC(C(=O)NCCCl)Oc2ccccc21)c1cccc(Cl)c1. The van der Waals surface area contributed by atoms with Gasteiger partial charge in [-0.3, -0.25) is 9.59 Å². The fraction of sp³-hybridized carbons (Fsp3) is 0.263. The van der Waals surface area contributed by atoms with Crippen LogP contribution in [0.5, 0.6) is 5.75 Å². The van der Waals surface area contributed by atoms with Crippen molar-refractivity contribution in [1.82, 2.24) is 5.32 Å². The van der Waals surface area contributed by atoms with Crippen LogP contribution >= 0.6 is 23.2 Å². The molecule has 1 N–H and O–H groups in total. The van der Waals surface area contributed by atoms with Gasteiger partial charge in [-0.05, 0) is 24.3 Å². The molecule has 2 aromatic carbocycles. The molecule has 2 aromatic rings. The summed E-state index contributed by atoms with van der Waals surface area (Å²) in [6.45, 7) is 0.765. The lowest BCUT2D eigenvalue weighted by Gasteiger charge is -2.35. The second kappa shape index (κ2) is 8.43. The summed E-state index contributed by atoms with van der Waals surface area (Å²) in [4.78, 5) is 26.8. The average molecular weight is 393 g/mol. The molecule has 136 valence electrons. The molecule has 5 nitrogen and oxygen atoms in total. The van der Waals surface area contributed by atoms with Crippen molar-refractivity contribution in [1.29, 1.82) is 0 Å². The van der Waals surface area contributed by atoms with Crippen LogP contribution in [0.25, 0.3) is 0 Å². The van der Waals surface area contributed by atoms with Gasteiger partial charge in [0.15, 0.2) is 11.9 Å². The fourth-order valence-electron chi connectivity index (χ4n) is 2.80. The third-order valence-corrected chi connectivity index (χ3v) is 4.45. The lowest BCUT2D eigenvalue weighted by atomic mass is 10.1. The Balaban J connectivity index is 1.80. The quantitative estimate of drug-likeness (QED) is 0.605. The smallest absolute Gasteiger partial charge is 0.262 e. The van der Waals surface area contributed by atoms with Gasteiger partial charge < -0.3 is 15.0 Å². The summed E-state index contributed by atoms with van der Waals surface area (Å²) in [7, 11) is 0. The first-order chi connectivity index (χ1) is 12.6. The molecule has 0 saturated carbocycles. The van der Waals surface area contributed by atoms with Gasteiger partial charge in [0.1, 0.15) is 5.75 Å². The zero-order valence-corrected chi connectivity index (χ0v) is 15.5. The van der Waals surface area contributed by atoms with E-state index in [1.807, 2.05) is 23.1 Å². The molecule has 1 atom stereocenters. The molecule has 26 heavy (non-hydrogen) atoms. The van der Waals surface area contributed by atoms with E-state index < -0.39 is 6.10 Å². The van der Waals surface area contributed by atoms with Crippen LogP contribution in [0.15, 0.2) is 48.5 Å². The lowest BCUT2D eigenvalue weighted by molar-refractivity contribution is -0.127. The number of nitrogens with zero attached hydrogens (tertiary/aromatic N) is 1. The van der Waals surface area contributed by atoms with E-state index >= 15 is 0 Å². The molecule has 1 heterocycles. The molecule has 0 fully saturated rings. The van der Waals surface area contributed by atoms with Crippen LogP contribution in [-0.2, 0) is 4.79 Å². The van der Waals surface area contributed by atoms with Crippen LogP contribution in [0.3, 0.4) is 0 Å². The molecule has 1 unspecified atom stereocenters. The third kappa shape index (κ3) is 4.29. The van der Waals surface area contributed by atoms with Crippen molar-refractivity contribution in [2.24, 2.45) is 0 Å². The van der Waals surface area contributed by atoms with Crippen LogP contribution in [0.4, 0.5) is 5.69 Å². The second-order valence-electron chi connectivity index (χ2n) is 5.87. The minimum Gasteiger partial charge on any atom is -0.477 e. The van der Waals surface area contributed by atoms with Gasteiger partial charge in [0, 0.05) is 23.0 Å². The number of amides is 1. The minimum absolute atomic E-state index is 0.0795. The Labute approximate surface area is 161 Å². The third-order valence-electron chi connectivity index (χ3n) is 4.03. The van der Waals surface area contributed by atoms with Crippen molar-refractivity contribution in [3.63, 3.8) is 0 Å². The zero-order valence-electron chi connectivity index (χ0n) is 14.0. The first-order valence-corrected chi connectivity index (χ1v) is 9.13. The number of para-hydroxylation sites is 2. The predicted molar refractivity (Wildman–Crippen MR) is 103 cm³/mol. The number of hydrogen-bond donors (Lipinski definition) is 1. The highest BCUT2D eigenvalue weighted by Crippen LogP contribution is 2.33. The summed E-state index contributed by atoms with van der Waals surface area (Å²) in [6, 6.07) is 14.2. The number of fused-ring (bicyclic) bond motifs is 1. The van der Waals surface area contributed by atoms with E-state index in [9.17, 15) is 9.59 Å². The Bertz CT molecular complexity index is 813. The highest BCUT2D eigenvalue weighted by atomic mass is 35.5. The predicted octanol–water partition coefficient (Wildman–Crippen LogP) is 3.15. The Morgan fingerprint density at radius 1 is 1.19 bits per heavy atom. The van der Waals surface area contributed by atoms with E-state index in [0.717, 1.165) is 5.69 Å². The number of benzene rings is 2. The van der Waals surface area contributed by atoms with Crippen molar-refractivity contribution < 1.29 is 14.3 Å². The van der Waals surface area contributed by atoms with Crippen LogP contribution in [0.2, 0.25) is 5.02 Å². The van der Waals surface area contributed by atoms with E-state index in [0.29, 0.717) is 28.8 Å². The molecule has 0 aliphatic carbocycles. The Morgan fingerprint density at radius 3 is 2.77 bits per heavy atom. The number of anilines is 1. The van der Waals surface area contributed by atoms with Gasteiger partial charge in [-0.2, -0.15) is 0 Å². The molecular weight excluding hydrogens is 375 g/mol. The first-order valence-electron chi connectivity index (χ1n) is 8.21. The van der Waals surface area contributed by atoms with E-state index in [1.54, 1.807) is 30.3 Å². The van der Waals surface area contributed by atoms with Gasteiger partial charge in [-0.1, -0.05) is 35.9 Å². The average Bonchev–Trinajstić information content (AvgIpc) is 2.66.